The highest BCUT2D eigenvalue weighted by atomic mass is 16.5. The van der Waals surface area contributed by atoms with Crippen LogP contribution in [0, 0.1) is 5.41 Å². The fourth-order valence-corrected chi connectivity index (χ4v) is 1.91. The molecule has 0 amide bonds. The molecule has 1 aromatic rings. The molecule has 0 spiro atoms. The lowest BCUT2D eigenvalue weighted by molar-refractivity contribution is -0.00937. The molecule has 17 heavy (non-hydrogen) atoms. The molecule has 0 radical (unpaired) electrons. The average molecular weight is 239 g/mol. The minimum atomic E-state index is -0.428. The molecule has 1 saturated heterocycles. The Hall–Kier alpha value is -0.940. The molecule has 96 valence electrons. The summed E-state index contributed by atoms with van der Waals surface area (Å²) in [5, 5.41) is 3.98. The predicted octanol–water partition coefficient (Wildman–Crippen LogP) is 2.14. The summed E-state index contributed by atoms with van der Waals surface area (Å²) in [6, 6.07) is -0.231. The van der Waals surface area contributed by atoms with Crippen molar-refractivity contribution in [1.29, 1.82) is 0 Å². The van der Waals surface area contributed by atoms with Crippen LogP contribution in [0.4, 0.5) is 0 Å². The molecule has 0 aromatic carbocycles. The third-order valence-electron chi connectivity index (χ3n) is 3.32. The lowest BCUT2D eigenvalue weighted by Gasteiger charge is -2.23. The molecule has 2 atom stereocenters. The molecule has 0 aliphatic carbocycles. The SMILES string of the molecule is CC1(c2nc(C(N)C(C)(C)C)no2)CCCO1. The molecule has 5 nitrogen and oxygen atoms in total. The number of hydrogen-bond acceptors (Lipinski definition) is 5. The van der Waals surface area contributed by atoms with Crippen LogP contribution in [0.3, 0.4) is 0 Å². The van der Waals surface area contributed by atoms with Gasteiger partial charge in [-0.3, -0.25) is 0 Å². The molecular formula is C12H21N3O2. The largest absolute Gasteiger partial charge is 0.365 e. The van der Waals surface area contributed by atoms with Gasteiger partial charge in [0.15, 0.2) is 5.82 Å². The maximum absolute atomic E-state index is 6.10. The Bertz CT molecular complexity index is 389. The Kier molecular flexibility index (Phi) is 2.99. The van der Waals surface area contributed by atoms with Crippen LogP contribution in [0.15, 0.2) is 4.52 Å². The minimum absolute atomic E-state index is 0.0847. The van der Waals surface area contributed by atoms with Crippen LogP contribution in [0.1, 0.15) is 58.3 Å². The van der Waals surface area contributed by atoms with Gasteiger partial charge in [-0.25, -0.2) is 0 Å². The van der Waals surface area contributed by atoms with Gasteiger partial charge in [0.2, 0.25) is 0 Å². The quantitative estimate of drug-likeness (QED) is 0.855. The molecule has 0 bridgehead atoms. The maximum atomic E-state index is 6.10. The first-order chi connectivity index (χ1) is 7.83. The fourth-order valence-electron chi connectivity index (χ4n) is 1.91. The topological polar surface area (TPSA) is 74.2 Å². The van der Waals surface area contributed by atoms with Crippen LogP contribution in [-0.4, -0.2) is 16.7 Å². The maximum Gasteiger partial charge on any atom is 0.258 e. The number of nitrogens with zero attached hydrogens (tertiary/aromatic N) is 2. The lowest BCUT2D eigenvalue weighted by Crippen LogP contribution is -2.27. The first kappa shape index (κ1) is 12.5. The predicted molar refractivity (Wildman–Crippen MR) is 63.2 cm³/mol. The van der Waals surface area contributed by atoms with Crippen molar-refractivity contribution in [2.24, 2.45) is 11.1 Å². The Morgan fingerprint density at radius 2 is 2.12 bits per heavy atom. The second-order valence-electron chi connectivity index (χ2n) is 5.98. The van der Waals surface area contributed by atoms with Crippen molar-refractivity contribution >= 4 is 0 Å². The van der Waals surface area contributed by atoms with E-state index in [1.165, 1.54) is 0 Å². The fraction of sp³-hybridized carbons (Fsp3) is 0.833. The molecule has 0 saturated carbocycles. The number of hydrogen-bond donors (Lipinski definition) is 1. The number of aromatic nitrogens is 2. The lowest BCUT2D eigenvalue weighted by atomic mass is 9.87. The van der Waals surface area contributed by atoms with Crippen molar-refractivity contribution in [3.05, 3.63) is 11.7 Å². The van der Waals surface area contributed by atoms with Gasteiger partial charge in [-0.2, -0.15) is 4.98 Å². The van der Waals surface area contributed by atoms with E-state index in [4.69, 9.17) is 15.0 Å². The van der Waals surface area contributed by atoms with Gasteiger partial charge in [0, 0.05) is 6.61 Å². The van der Waals surface area contributed by atoms with Crippen LogP contribution in [-0.2, 0) is 10.3 Å². The zero-order valence-corrected chi connectivity index (χ0v) is 11.0. The highest BCUT2D eigenvalue weighted by Crippen LogP contribution is 2.36. The number of rotatable bonds is 2. The normalized spacial score (nSPS) is 27.4. The van der Waals surface area contributed by atoms with E-state index >= 15 is 0 Å². The summed E-state index contributed by atoms with van der Waals surface area (Å²) in [5.74, 6) is 1.11. The van der Waals surface area contributed by atoms with E-state index in [1.54, 1.807) is 0 Å². The summed E-state index contributed by atoms with van der Waals surface area (Å²) in [5.41, 5.74) is 5.59. The van der Waals surface area contributed by atoms with Gasteiger partial charge in [-0.15, -0.1) is 0 Å². The highest BCUT2D eigenvalue weighted by molar-refractivity contribution is 5.04. The van der Waals surface area contributed by atoms with Gasteiger partial charge in [-0.05, 0) is 25.2 Å². The molecule has 2 heterocycles. The molecular weight excluding hydrogens is 218 g/mol. The van der Waals surface area contributed by atoms with Crippen LogP contribution < -0.4 is 5.73 Å². The van der Waals surface area contributed by atoms with Crippen molar-refractivity contribution < 1.29 is 9.26 Å². The van der Waals surface area contributed by atoms with E-state index in [1.807, 2.05) is 6.92 Å². The second kappa shape index (κ2) is 4.07. The van der Waals surface area contributed by atoms with Crippen LogP contribution in [0.25, 0.3) is 0 Å². The molecule has 1 aliphatic rings. The van der Waals surface area contributed by atoms with E-state index in [9.17, 15) is 0 Å². The zero-order valence-electron chi connectivity index (χ0n) is 11.0. The van der Waals surface area contributed by atoms with Crippen molar-refractivity contribution in [3.63, 3.8) is 0 Å². The van der Waals surface area contributed by atoms with Gasteiger partial charge in [0.25, 0.3) is 5.89 Å². The number of nitrogens with two attached hydrogens (primary N) is 1. The molecule has 1 aromatic heterocycles. The van der Waals surface area contributed by atoms with E-state index < -0.39 is 5.60 Å². The van der Waals surface area contributed by atoms with Crippen molar-refractivity contribution in [1.82, 2.24) is 10.1 Å². The molecule has 2 unspecified atom stereocenters. The monoisotopic (exact) mass is 239 g/mol. The minimum Gasteiger partial charge on any atom is -0.365 e. The molecule has 2 rings (SSSR count). The number of ether oxygens (including phenoxy) is 1. The van der Waals surface area contributed by atoms with E-state index in [0.29, 0.717) is 11.7 Å². The third kappa shape index (κ3) is 2.35. The summed E-state index contributed by atoms with van der Waals surface area (Å²) in [7, 11) is 0. The Morgan fingerprint density at radius 1 is 1.41 bits per heavy atom. The van der Waals surface area contributed by atoms with Gasteiger partial charge < -0.3 is 15.0 Å². The highest BCUT2D eigenvalue weighted by Gasteiger charge is 2.38. The van der Waals surface area contributed by atoms with Crippen molar-refractivity contribution in [3.8, 4) is 0 Å². The molecule has 1 aliphatic heterocycles. The standard InChI is InChI=1S/C12H21N3O2/c1-11(2,3)8(13)9-14-10(17-15-9)12(4)6-5-7-16-12/h8H,5-7,13H2,1-4H3. The Morgan fingerprint density at radius 3 is 2.65 bits per heavy atom. The molecule has 1 fully saturated rings. The van der Waals surface area contributed by atoms with Crippen LogP contribution in [0.5, 0.6) is 0 Å². The average Bonchev–Trinajstić information content (AvgIpc) is 2.84. The van der Waals surface area contributed by atoms with Crippen molar-refractivity contribution in [2.75, 3.05) is 6.61 Å². The smallest absolute Gasteiger partial charge is 0.258 e. The summed E-state index contributed by atoms with van der Waals surface area (Å²) in [4.78, 5) is 4.40. The van der Waals surface area contributed by atoms with E-state index in [-0.39, 0.29) is 11.5 Å². The van der Waals surface area contributed by atoms with E-state index in [2.05, 4.69) is 30.9 Å². The van der Waals surface area contributed by atoms with Gasteiger partial charge in [-0.1, -0.05) is 25.9 Å². The third-order valence-corrected chi connectivity index (χ3v) is 3.32. The first-order valence-electron chi connectivity index (χ1n) is 6.06. The van der Waals surface area contributed by atoms with Crippen LogP contribution in [0.2, 0.25) is 0 Å². The van der Waals surface area contributed by atoms with Crippen LogP contribution >= 0.6 is 0 Å². The Labute approximate surface area is 102 Å². The molecule has 5 heteroatoms. The van der Waals surface area contributed by atoms with Gasteiger partial charge in [0.1, 0.15) is 5.60 Å². The van der Waals surface area contributed by atoms with Crippen molar-refractivity contribution in [2.45, 2.75) is 52.2 Å². The first-order valence-corrected chi connectivity index (χ1v) is 6.06. The molecule has 2 N–H and O–H groups in total. The second-order valence-corrected chi connectivity index (χ2v) is 5.98. The summed E-state index contributed by atoms with van der Waals surface area (Å²) < 4.78 is 11.0. The zero-order chi connectivity index (χ0) is 12.7. The summed E-state index contributed by atoms with van der Waals surface area (Å²) >= 11 is 0. The summed E-state index contributed by atoms with van der Waals surface area (Å²) in [6.45, 7) is 8.91. The van der Waals surface area contributed by atoms with Gasteiger partial charge in [0.05, 0.1) is 6.04 Å². The van der Waals surface area contributed by atoms with Gasteiger partial charge >= 0.3 is 0 Å². The summed E-state index contributed by atoms with van der Waals surface area (Å²) in [6.07, 6.45) is 1.94. The van der Waals surface area contributed by atoms with E-state index in [0.717, 1.165) is 19.4 Å². The Balaban J connectivity index is 2.21.